The smallest absolute Gasteiger partial charge is 0.353 e. The first-order valence-electron chi connectivity index (χ1n) is 4.09. The molecule has 0 fully saturated rings. The molecule has 0 amide bonds. The van der Waals surface area contributed by atoms with Crippen molar-refractivity contribution in [2.75, 3.05) is 13.0 Å². The van der Waals surface area contributed by atoms with Crippen LogP contribution >= 0.6 is 7.60 Å². The standard InChI is InChI=1S/C6H16BO4P/c1-3-11-12(8,9)5-10-6(2)4-7/h6H,3-5,7H2,1-2H3,(H,8,9). The maximum atomic E-state index is 11.0. The van der Waals surface area contributed by atoms with Gasteiger partial charge in [0.05, 0.1) is 6.61 Å². The van der Waals surface area contributed by atoms with Crippen LogP contribution in [0.5, 0.6) is 0 Å². The Balaban J connectivity index is 3.67. The molecule has 0 bridgehead atoms. The van der Waals surface area contributed by atoms with Crippen molar-refractivity contribution in [3.05, 3.63) is 0 Å². The molecule has 0 aromatic heterocycles. The summed E-state index contributed by atoms with van der Waals surface area (Å²) in [5, 5.41) is 0. The van der Waals surface area contributed by atoms with Crippen molar-refractivity contribution in [1.82, 2.24) is 0 Å². The fourth-order valence-corrected chi connectivity index (χ4v) is 1.50. The van der Waals surface area contributed by atoms with Crippen molar-refractivity contribution >= 4 is 15.4 Å². The van der Waals surface area contributed by atoms with E-state index in [2.05, 4.69) is 4.52 Å². The van der Waals surface area contributed by atoms with E-state index in [1.165, 1.54) is 0 Å². The van der Waals surface area contributed by atoms with Gasteiger partial charge in [-0.3, -0.25) is 4.57 Å². The number of ether oxygens (including phenoxy) is 1. The van der Waals surface area contributed by atoms with Crippen LogP contribution in [0.3, 0.4) is 0 Å². The van der Waals surface area contributed by atoms with Gasteiger partial charge in [-0.25, -0.2) is 0 Å². The highest BCUT2D eigenvalue weighted by Gasteiger charge is 2.19. The van der Waals surface area contributed by atoms with Gasteiger partial charge < -0.3 is 14.2 Å². The van der Waals surface area contributed by atoms with Gasteiger partial charge in [-0.05, 0) is 13.8 Å². The van der Waals surface area contributed by atoms with Gasteiger partial charge >= 0.3 is 7.60 Å². The van der Waals surface area contributed by atoms with E-state index >= 15 is 0 Å². The van der Waals surface area contributed by atoms with Crippen molar-refractivity contribution in [3.8, 4) is 0 Å². The van der Waals surface area contributed by atoms with Gasteiger partial charge in [0.1, 0.15) is 14.2 Å². The molecule has 0 aliphatic heterocycles. The van der Waals surface area contributed by atoms with Crippen LogP contribution in [-0.4, -0.2) is 31.8 Å². The SMILES string of the molecule is BCC(C)OCP(=O)(O)OCC. The highest BCUT2D eigenvalue weighted by Crippen LogP contribution is 2.41. The van der Waals surface area contributed by atoms with Crippen LogP contribution in [0.4, 0.5) is 0 Å². The van der Waals surface area contributed by atoms with Crippen molar-refractivity contribution in [1.29, 1.82) is 0 Å². The van der Waals surface area contributed by atoms with Gasteiger partial charge in [-0.1, -0.05) is 6.32 Å². The molecule has 2 unspecified atom stereocenters. The monoisotopic (exact) mass is 194 g/mol. The van der Waals surface area contributed by atoms with Crippen LogP contribution in [0, 0.1) is 0 Å². The molecule has 4 nitrogen and oxygen atoms in total. The van der Waals surface area contributed by atoms with Crippen LogP contribution in [-0.2, 0) is 13.8 Å². The summed E-state index contributed by atoms with van der Waals surface area (Å²) in [6.07, 6.45) is 0.619. The lowest BCUT2D eigenvalue weighted by Crippen LogP contribution is -2.09. The Morgan fingerprint density at radius 2 is 2.25 bits per heavy atom. The van der Waals surface area contributed by atoms with Gasteiger partial charge in [-0.15, -0.1) is 0 Å². The van der Waals surface area contributed by atoms with Crippen LogP contribution in [0.15, 0.2) is 0 Å². The third-order valence-corrected chi connectivity index (χ3v) is 2.56. The first-order valence-corrected chi connectivity index (χ1v) is 5.86. The summed E-state index contributed by atoms with van der Waals surface area (Å²) < 4.78 is 20.7. The van der Waals surface area contributed by atoms with Crippen molar-refractivity contribution < 1.29 is 18.7 Å². The fourth-order valence-electron chi connectivity index (χ4n) is 0.578. The average molecular weight is 194 g/mol. The molecule has 2 atom stereocenters. The molecule has 0 heterocycles. The molecule has 0 spiro atoms. The highest BCUT2D eigenvalue weighted by molar-refractivity contribution is 7.52. The number of hydrogen-bond acceptors (Lipinski definition) is 3. The van der Waals surface area contributed by atoms with Crippen LogP contribution < -0.4 is 0 Å². The minimum absolute atomic E-state index is 0.00549. The van der Waals surface area contributed by atoms with E-state index in [9.17, 15) is 4.57 Å². The van der Waals surface area contributed by atoms with Gasteiger partial charge in [0.15, 0.2) is 0 Å². The zero-order valence-electron chi connectivity index (χ0n) is 7.82. The minimum Gasteiger partial charge on any atom is -0.367 e. The van der Waals surface area contributed by atoms with Crippen LogP contribution in [0.1, 0.15) is 13.8 Å². The van der Waals surface area contributed by atoms with Gasteiger partial charge in [0.25, 0.3) is 0 Å². The zero-order chi connectivity index (χ0) is 9.61. The van der Waals surface area contributed by atoms with E-state index in [0.29, 0.717) is 0 Å². The molecule has 0 aromatic rings. The maximum Gasteiger partial charge on any atom is 0.353 e. The summed E-state index contributed by atoms with van der Waals surface area (Å²) in [6, 6.07) is 0. The van der Waals surface area contributed by atoms with E-state index in [0.717, 1.165) is 6.32 Å². The molecule has 1 N–H and O–H groups in total. The normalized spacial score (nSPS) is 18.6. The Morgan fingerprint density at radius 3 is 2.67 bits per heavy atom. The lowest BCUT2D eigenvalue weighted by atomic mass is 10.0. The first-order chi connectivity index (χ1) is 5.52. The van der Waals surface area contributed by atoms with E-state index in [1.807, 2.05) is 14.8 Å². The second-order valence-electron chi connectivity index (χ2n) is 2.57. The molecule has 0 rings (SSSR count). The second kappa shape index (κ2) is 5.76. The van der Waals surface area contributed by atoms with E-state index in [-0.39, 0.29) is 19.1 Å². The summed E-state index contributed by atoms with van der Waals surface area (Å²) in [7, 11) is -1.53. The molecular formula is C6H16BO4P. The molecule has 0 saturated heterocycles. The average Bonchev–Trinajstić information content (AvgIpc) is 2.00. The fraction of sp³-hybridized carbons (Fsp3) is 1.00. The molecule has 0 radical (unpaired) electrons. The predicted molar refractivity (Wildman–Crippen MR) is 50.2 cm³/mol. The van der Waals surface area contributed by atoms with Crippen molar-refractivity contribution in [2.45, 2.75) is 26.3 Å². The van der Waals surface area contributed by atoms with E-state index in [4.69, 9.17) is 9.63 Å². The van der Waals surface area contributed by atoms with Gasteiger partial charge in [0.2, 0.25) is 0 Å². The first kappa shape index (κ1) is 12.2. The minimum atomic E-state index is -3.48. The van der Waals surface area contributed by atoms with Crippen molar-refractivity contribution in [2.24, 2.45) is 0 Å². The zero-order valence-corrected chi connectivity index (χ0v) is 8.71. The summed E-state index contributed by atoms with van der Waals surface area (Å²) in [6.45, 7) is 3.76. The molecule has 0 aliphatic carbocycles. The lowest BCUT2D eigenvalue weighted by Gasteiger charge is -2.14. The largest absolute Gasteiger partial charge is 0.367 e. The van der Waals surface area contributed by atoms with Crippen LogP contribution in [0.25, 0.3) is 0 Å². The Kier molecular flexibility index (Phi) is 5.84. The van der Waals surface area contributed by atoms with Crippen molar-refractivity contribution in [3.63, 3.8) is 0 Å². The van der Waals surface area contributed by atoms with E-state index < -0.39 is 7.60 Å². The van der Waals surface area contributed by atoms with E-state index in [1.54, 1.807) is 6.92 Å². The Labute approximate surface area is 74.2 Å². The van der Waals surface area contributed by atoms with Gasteiger partial charge in [-0.2, -0.15) is 0 Å². The molecular weight excluding hydrogens is 178 g/mol. The third kappa shape index (κ3) is 5.78. The number of hydrogen-bond donors (Lipinski definition) is 1. The van der Waals surface area contributed by atoms with Crippen LogP contribution in [0.2, 0.25) is 6.32 Å². The lowest BCUT2D eigenvalue weighted by molar-refractivity contribution is 0.0964. The third-order valence-electron chi connectivity index (χ3n) is 1.43. The molecule has 0 aromatic carbocycles. The summed E-state index contributed by atoms with van der Waals surface area (Å²) in [4.78, 5) is 9.07. The second-order valence-corrected chi connectivity index (χ2v) is 4.36. The topological polar surface area (TPSA) is 55.8 Å². The summed E-state index contributed by atoms with van der Waals surface area (Å²) in [5.74, 6) is 0. The molecule has 72 valence electrons. The molecule has 0 aliphatic rings. The predicted octanol–water partition coefficient (Wildman–Crippen LogP) is 0.622. The Hall–Kier alpha value is 0.175. The highest BCUT2D eigenvalue weighted by atomic mass is 31.2. The molecule has 6 heteroatoms. The molecule has 12 heavy (non-hydrogen) atoms. The number of rotatable bonds is 6. The molecule has 0 saturated carbocycles. The quantitative estimate of drug-likeness (QED) is 0.497. The summed E-state index contributed by atoms with van der Waals surface area (Å²) in [5.41, 5.74) is 0. The Morgan fingerprint density at radius 1 is 1.67 bits per heavy atom. The Bertz CT molecular complexity index is 164. The maximum absolute atomic E-state index is 11.0. The summed E-state index contributed by atoms with van der Waals surface area (Å²) >= 11 is 0. The van der Waals surface area contributed by atoms with Gasteiger partial charge in [0, 0.05) is 6.10 Å².